The third kappa shape index (κ3) is 1.79. The van der Waals surface area contributed by atoms with Crippen molar-refractivity contribution >= 4 is 15.9 Å². The first-order valence-corrected chi connectivity index (χ1v) is 3.39. The van der Waals surface area contributed by atoms with Gasteiger partial charge in [0.25, 0.3) is 0 Å². The minimum absolute atomic E-state index is 0.130. The highest BCUT2D eigenvalue weighted by atomic mass is 79.9. The first-order chi connectivity index (χ1) is 4.18. The van der Waals surface area contributed by atoms with Crippen molar-refractivity contribution in [2.24, 2.45) is 0 Å². The monoisotopic (exact) mass is 188 g/mol. The van der Waals surface area contributed by atoms with Gasteiger partial charge in [-0.25, -0.2) is 4.39 Å². The summed E-state index contributed by atoms with van der Waals surface area (Å²) in [5, 5.41) is 0. The first-order valence-electron chi connectivity index (χ1n) is 2.59. The van der Waals surface area contributed by atoms with Crippen LogP contribution in [-0.4, -0.2) is 0 Å². The molecule has 0 aromatic heterocycles. The van der Waals surface area contributed by atoms with Crippen LogP contribution < -0.4 is 0 Å². The van der Waals surface area contributed by atoms with Gasteiger partial charge in [-0.2, -0.15) is 0 Å². The predicted molar refractivity (Wildman–Crippen MR) is 40.0 cm³/mol. The lowest BCUT2D eigenvalue weighted by Crippen LogP contribution is -1.84. The molecule has 0 unspecified atom stereocenters. The van der Waals surface area contributed by atoms with Crippen LogP contribution >= 0.6 is 15.9 Å². The standard InChI is InChI=1S/C7H6BrF/c1-5-2-6(8)4-7(9)3-5/h2-3H,1,4H2. The van der Waals surface area contributed by atoms with E-state index in [9.17, 15) is 4.39 Å². The maximum atomic E-state index is 12.4. The second-order valence-electron chi connectivity index (χ2n) is 1.93. The molecule has 1 aliphatic rings. The summed E-state index contributed by atoms with van der Waals surface area (Å²) in [7, 11) is 0. The minimum atomic E-state index is -0.130. The zero-order chi connectivity index (χ0) is 6.85. The van der Waals surface area contributed by atoms with Crippen LogP contribution in [0.2, 0.25) is 0 Å². The number of hydrogen-bond acceptors (Lipinski definition) is 0. The number of hydrogen-bond donors (Lipinski definition) is 0. The van der Waals surface area contributed by atoms with Gasteiger partial charge in [0.15, 0.2) is 0 Å². The third-order valence-corrected chi connectivity index (χ3v) is 1.53. The van der Waals surface area contributed by atoms with Crippen molar-refractivity contribution in [3.63, 3.8) is 0 Å². The van der Waals surface area contributed by atoms with Crippen molar-refractivity contribution in [1.29, 1.82) is 0 Å². The van der Waals surface area contributed by atoms with Crippen molar-refractivity contribution in [3.05, 3.63) is 34.6 Å². The summed E-state index contributed by atoms with van der Waals surface area (Å²) >= 11 is 3.19. The van der Waals surface area contributed by atoms with E-state index >= 15 is 0 Å². The molecule has 0 saturated heterocycles. The highest BCUT2D eigenvalue weighted by molar-refractivity contribution is 9.11. The largest absolute Gasteiger partial charge is 0.211 e. The van der Waals surface area contributed by atoms with E-state index in [1.807, 2.05) is 6.08 Å². The van der Waals surface area contributed by atoms with E-state index < -0.39 is 0 Å². The lowest BCUT2D eigenvalue weighted by atomic mass is 10.1. The Kier molecular flexibility index (Phi) is 1.86. The Labute approximate surface area is 61.9 Å². The van der Waals surface area contributed by atoms with Crippen molar-refractivity contribution in [2.75, 3.05) is 0 Å². The first kappa shape index (κ1) is 6.75. The van der Waals surface area contributed by atoms with Crippen LogP contribution in [0.15, 0.2) is 34.6 Å². The van der Waals surface area contributed by atoms with Gasteiger partial charge in [0.2, 0.25) is 0 Å². The average molecular weight is 189 g/mol. The van der Waals surface area contributed by atoms with E-state index in [0.717, 1.165) is 4.48 Å². The van der Waals surface area contributed by atoms with Crippen molar-refractivity contribution in [1.82, 2.24) is 0 Å². The van der Waals surface area contributed by atoms with E-state index in [0.29, 0.717) is 12.0 Å². The fourth-order valence-corrected chi connectivity index (χ4v) is 1.27. The molecule has 0 atom stereocenters. The van der Waals surface area contributed by atoms with Crippen molar-refractivity contribution < 1.29 is 4.39 Å². The Morgan fingerprint density at radius 2 is 2.22 bits per heavy atom. The lowest BCUT2D eigenvalue weighted by molar-refractivity contribution is 0.613. The smallest absolute Gasteiger partial charge is 0.105 e. The van der Waals surface area contributed by atoms with Gasteiger partial charge in [-0.1, -0.05) is 22.5 Å². The molecule has 0 bridgehead atoms. The summed E-state index contributed by atoms with van der Waals surface area (Å²) in [6, 6.07) is 0. The molecule has 9 heavy (non-hydrogen) atoms. The summed E-state index contributed by atoms with van der Waals surface area (Å²) in [5.41, 5.74) is 0.714. The van der Waals surface area contributed by atoms with Gasteiger partial charge in [0.1, 0.15) is 5.83 Å². The summed E-state index contributed by atoms with van der Waals surface area (Å²) < 4.78 is 13.3. The second kappa shape index (κ2) is 2.48. The molecule has 0 saturated carbocycles. The molecule has 0 radical (unpaired) electrons. The molecular weight excluding hydrogens is 183 g/mol. The second-order valence-corrected chi connectivity index (χ2v) is 2.95. The van der Waals surface area contributed by atoms with Crippen LogP contribution in [0.25, 0.3) is 0 Å². The maximum Gasteiger partial charge on any atom is 0.105 e. The molecule has 0 N–H and O–H groups in total. The maximum absolute atomic E-state index is 12.4. The molecule has 0 aliphatic heterocycles. The van der Waals surface area contributed by atoms with Gasteiger partial charge in [0.05, 0.1) is 0 Å². The Hall–Kier alpha value is -0.370. The summed E-state index contributed by atoms with van der Waals surface area (Å²) in [4.78, 5) is 0. The van der Waals surface area contributed by atoms with Crippen molar-refractivity contribution in [3.8, 4) is 0 Å². The van der Waals surface area contributed by atoms with Gasteiger partial charge in [-0.3, -0.25) is 0 Å². The van der Waals surface area contributed by atoms with Crippen LogP contribution in [-0.2, 0) is 0 Å². The number of halogens is 2. The molecule has 0 heterocycles. The molecule has 1 rings (SSSR count). The molecule has 1 aliphatic carbocycles. The van der Waals surface area contributed by atoms with Gasteiger partial charge in [-0.15, -0.1) is 0 Å². The Bertz CT molecular complexity index is 181. The van der Waals surface area contributed by atoms with Crippen LogP contribution in [0, 0.1) is 0 Å². The van der Waals surface area contributed by atoms with Crippen molar-refractivity contribution in [2.45, 2.75) is 6.42 Å². The molecule has 0 aromatic carbocycles. The lowest BCUT2D eigenvalue weighted by Gasteiger charge is -2.03. The minimum Gasteiger partial charge on any atom is -0.211 e. The van der Waals surface area contributed by atoms with Gasteiger partial charge in [-0.05, 0) is 17.7 Å². The van der Waals surface area contributed by atoms with Gasteiger partial charge < -0.3 is 0 Å². The van der Waals surface area contributed by atoms with Gasteiger partial charge in [0, 0.05) is 10.9 Å². The third-order valence-electron chi connectivity index (χ3n) is 1.02. The highest BCUT2D eigenvalue weighted by Gasteiger charge is 2.04. The Morgan fingerprint density at radius 1 is 1.56 bits per heavy atom. The molecule has 0 spiro atoms. The predicted octanol–water partition coefficient (Wildman–Crippen LogP) is 3.08. The van der Waals surface area contributed by atoms with Gasteiger partial charge >= 0.3 is 0 Å². The molecule has 2 heteroatoms. The van der Waals surface area contributed by atoms with E-state index in [1.54, 1.807) is 0 Å². The van der Waals surface area contributed by atoms with E-state index in [2.05, 4.69) is 22.5 Å². The average Bonchev–Trinajstić information content (AvgIpc) is 1.59. The highest BCUT2D eigenvalue weighted by Crippen LogP contribution is 2.25. The van der Waals surface area contributed by atoms with Crippen LogP contribution in [0.4, 0.5) is 4.39 Å². The SMILES string of the molecule is C=C1C=C(F)CC(Br)=C1. The van der Waals surface area contributed by atoms with Crippen LogP contribution in [0.5, 0.6) is 0 Å². The summed E-state index contributed by atoms with van der Waals surface area (Å²) in [6.45, 7) is 3.59. The summed E-state index contributed by atoms with van der Waals surface area (Å²) in [6.07, 6.45) is 3.62. The molecule has 0 nitrogen and oxygen atoms in total. The molecule has 0 amide bonds. The fourth-order valence-electron chi connectivity index (χ4n) is 0.707. The Balaban J connectivity index is 2.81. The van der Waals surface area contributed by atoms with E-state index in [1.165, 1.54) is 6.08 Å². The molecule has 48 valence electrons. The number of rotatable bonds is 0. The Morgan fingerprint density at radius 3 is 2.67 bits per heavy atom. The zero-order valence-electron chi connectivity index (χ0n) is 4.82. The van der Waals surface area contributed by atoms with E-state index in [-0.39, 0.29) is 5.83 Å². The number of allylic oxidation sites excluding steroid dienone is 5. The topological polar surface area (TPSA) is 0 Å². The van der Waals surface area contributed by atoms with Crippen LogP contribution in [0.3, 0.4) is 0 Å². The fraction of sp³-hybridized carbons (Fsp3) is 0.143. The zero-order valence-corrected chi connectivity index (χ0v) is 6.41. The molecule has 0 fully saturated rings. The van der Waals surface area contributed by atoms with E-state index in [4.69, 9.17) is 0 Å². The normalized spacial score (nSPS) is 19.1. The quantitative estimate of drug-likeness (QED) is 0.549. The molecule has 0 aromatic rings. The molecular formula is C7H6BrF. The van der Waals surface area contributed by atoms with Crippen LogP contribution in [0.1, 0.15) is 6.42 Å². The summed E-state index contributed by atoms with van der Waals surface area (Å²) in [5.74, 6) is -0.130.